The molecule has 0 saturated heterocycles. The lowest BCUT2D eigenvalue weighted by atomic mass is 10.1. The Bertz CT molecular complexity index is 541. The van der Waals surface area contributed by atoms with Crippen molar-refractivity contribution in [3.05, 3.63) is 47.5 Å². The highest BCUT2D eigenvalue weighted by Gasteiger charge is 2.12. The van der Waals surface area contributed by atoms with Crippen LogP contribution < -0.4 is 5.32 Å². The van der Waals surface area contributed by atoms with Crippen molar-refractivity contribution in [2.24, 2.45) is 0 Å². The molecule has 0 radical (unpaired) electrons. The number of carbonyl (C=O) groups excluding carboxylic acids is 1. The van der Waals surface area contributed by atoms with Crippen LogP contribution in [0.5, 0.6) is 0 Å². The van der Waals surface area contributed by atoms with Gasteiger partial charge in [-0.3, -0.25) is 9.48 Å². The number of rotatable bonds is 5. The quantitative estimate of drug-likeness (QED) is 0.912. The summed E-state index contributed by atoms with van der Waals surface area (Å²) in [5, 5.41) is 7.52. The lowest BCUT2D eigenvalue weighted by molar-refractivity contribution is -0.122. The van der Waals surface area contributed by atoms with Crippen molar-refractivity contribution >= 4 is 17.5 Å². The van der Waals surface area contributed by atoms with Gasteiger partial charge in [-0.25, -0.2) is 4.98 Å². The summed E-state index contributed by atoms with van der Waals surface area (Å²) < 4.78 is 1.62. The van der Waals surface area contributed by atoms with Crippen LogP contribution in [0.2, 0.25) is 5.02 Å². The van der Waals surface area contributed by atoms with E-state index in [0.29, 0.717) is 18.0 Å². The van der Waals surface area contributed by atoms with Gasteiger partial charge in [0.05, 0.1) is 12.6 Å². The van der Waals surface area contributed by atoms with Crippen LogP contribution in [0.1, 0.15) is 24.9 Å². The topological polar surface area (TPSA) is 59.8 Å². The molecule has 0 spiro atoms. The number of aromatic nitrogens is 3. The standard InChI is InChI=1S/C13H15ClN4O/c1-10(11-4-2-3-5-12(11)14)17-13(19)6-7-18-9-15-8-16-18/h2-5,8-10H,6-7H2,1H3,(H,17,19). The van der Waals surface area contributed by atoms with Gasteiger partial charge in [-0.2, -0.15) is 5.10 Å². The van der Waals surface area contributed by atoms with Crippen molar-refractivity contribution < 1.29 is 4.79 Å². The molecule has 6 heteroatoms. The van der Waals surface area contributed by atoms with E-state index in [1.165, 1.54) is 6.33 Å². The average Bonchev–Trinajstić information content (AvgIpc) is 2.90. The van der Waals surface area contributed by atoms with Crippen molar-refractivity contribution in [3.63, 3.8) is 0 Å². The SMILES string of the molecule is CC(NC(=O)CCn1cncn1)c1ccccc1Cl. The summed E-state index contributed by atoms with van der Waals surface area (Å²) in [7, 11) is 0. The molecule has 2 rings (SSSR count). The minimum atomic E-state index is -0.114. The monoisotopic (exact) mass is 278 g/mol. The molecule has 1 aromatic carbocycles. The van der Waals surface area contributed by atoms with Crippen molar-refractivity contribution in [1.29, 1.82) is 0 Å². The fourth-order valence-electron chi connectivity index (χ4n) is 1.78. The number of benzene rings is 1. The Morgan fingerprint density at radius 2 is 2.26 bits per heavy atom. The third kappa shape index (κ3) is 3.79. The Balaban J connectivity index is 1.87. The molecule has 19 heavy (non-hydrogen) atoms. The molecule has 0 aliphatic rings. The highest BCUT2D eigenvalue weighted by Crippen LogP contribution is 2.22. The van der Waals surface area contributed by atoms with Crippen LogP contribution >= 0.6 is 11.6 Å². The van der Waals surface area contributed by atoms with Crippen LogP contribution in [0.25, 0.3) is 0 Å². The van der Waals surface area contributed by atoms with E-state index in [9.17, 15) is 4.79 Å². The van der Waals surface area contributed by atoms with Gasteiger partial charge >= 0.3 is 0 Å². The molecule has 1 amide bonds. The lowest BCUT2D eigenvalue weighted by Gasteiger charge is -2.15. The summed E-state index contributed by atoms with van der Waals surface area (Å²) >= 11 is 6.09. The summed E-state index contributed by atoms with van der Waals surface area (Å²) in [6.07, 6.45) is 3.40. The second kappa shape index (κ2) is 6.33. The molecule has 0 fully saturated rings. The highest BCUT2D eigenvalue weighted by molar-refractivity contribution is 6.31. The van der Waals surface area contributed by atoms with Crippen molar-refractivity contribution in [1.82, 2.24) is 20.1 Å². The molecule has 0 aliphatic carbocycles. The number of nitrogens with zero attached hydrogens (tertiary/aromatic N) is 3. The molecule has 5 nitrogen and oxygen atoms in total. The smallest absolute Gasteiger partial charge is 0.222 e. The Labute approximate surface area is 116 Å². The minimum Gasteiger partial charge on any atom is -0.349 e. The summed E-state index contributed by atoms with van der Waals surface area (Å²) in [5.41, 5.74) is 0.915. The summed E-state index contributed by atoms with van der Waals surface area (Å²) in [4.78, 5) is 15.6. The largest absolute Gasteiger partial charge is 0.349 e. The van der Waals surface area contributed by atoms with Crippen LogP contribution in [-0.4, -0.2) is 20.7 Å². The van der Waals surface area contributed by atoms with E-state index >= 15 is 0 Å². The third-order valence-corrected chi connectivity index (χ3v) is 3.13. The Morgan fingerprint density at radius 3 is 2.95 bits per heavy atom. The maximum Gasteiger partial charge on any atom is 0.222 e. The van der Waals surface area contributed by atoms with Gasteiger partial charge in [0.15, 0.2) is 0 Å². The fraction of sp³-hybridized carbons (Fsp3) is 0.308. The van der Waals surface area contributed by atoms with Crippen LogP contribution in [0.4, 0.5) is 0 Å². The van der Waals surface area contributed by atoms with Crippen LogP contribution in [0, 0.1) is 0 Å². The molecule has 1 N–H and O–H groups in total. The second-order valence-electron chi connectivity index (χ2n) is 4.22. The van der Waals surface area contributed by atoms with Crippen molar-refractivity contribution in [2.45, 2.75) is 25.9 Å². The minimum absolute atomic E-state index is 0.0390. The number of amides is 1. The van der Waals surface area contributed by atoms with E-state index < -0.39 is 0 Å². The van der Waals surface area contributed by atoms with Crippen LogP contribution in [-0.2, 0) is 11.3 Å². The predicted molar refractivity (Wildman–Crippen MR) is 72.6 cm³/mol. The number of hydrogen-bond donors (Lipinski definition) is 1. The van der Waals surface area contributed by atoms with Crippen molar-refractivity contribution in [2.75, 3.05) is 0 Å². The molecule has 1 aromatic heterocycles. The number of aryl methyl sites for hydroxylation is 1. The summed E-state index contributed by atoms with van der Waals surface area (Å²) in [6.45, 7) is 2.43. The Kier molecular flexibility index (Phi) is 4.52. The first-order valence-corrected chi connectivity index (χ1v) is 6.41. The van der Waals surface area contributed by atoms with Gasteiger partial charge in [0.1, 0.15) is 12.7 Å². The third-order valence-electron chi connectivity index (χ3n) is 2.78. The molecule has 0 aliphatic heterocycles. The molecule has 2 aromatic rings. The molecule has 1 atom stereocenters. The number of nitrogens with one attached hydrogen (secondary N) is 1. The second-order valence-corrected chi connectivity index (χ2v) is 4.63. The Hall–Kier alpha value is -1.88. The zero-order chi connectivity index (χ0) is 13.7. The molecule has 0 bridgehead atoms. The van der Waals surface area contributed by atoms with Gasteiger partial charge in [-0.05, 0) is 18.6 Å². The average molecular weight is 279 g/mol. The number of carbonyl (C=O) groups is 1. The van der Waals surface area contributed by atoms with Crippen LogP contribution in [0.3, 0.4) is 0 Å². The normalized spacial score (nSPS) is 12.1. The molecular formula is C13H15ClN4O. The fourth-order valence-corrected chi connectivity index (χ4v) is 2.08. The maximum atomic E-state index is 11.8. The molecule has 100 valence electrons. The first-order valence-electron chi connectivity index (χ1n) is 6.03. The van der Waals surface area contributed by atoms with Gasteiger partial charge in [0, 0.05) is 11.4 Å². The first-order chi connectivity index (χ1) is 9.16. The zero-order valence-electron chi connectivity index (χ0n) is 10.6. The summed E-state index contributed by atoms with van der Waals surface area (Å²) in [6, 6.07) is 7.38. The van der Waals surface area contributed by atoms with Gasteiger partial charge in [0.25, 0.3) is 0 Å². The van der Waals surface area contributed by atoms with Crippen molar-refractivity contribution in [3.8, 4) is 0 Å². The molecule has 1 unspecified atom stereocenters. The molecule has 1 heterocycles. The van der Waals surface area contributed by atoms with Gasteiger partial charge in [-0.1, -0.05) is 29.8 Å². The highest BCUT2D eigenvalue weighted by atomic mass is 35.5. The van der Waals surface area contributed by atoms with E-state index in [0.717, 1.165) is 5.56 Å². The maximum absolute atomic E-state index is 11.8. The van der Waals surface area contributed by atoms with Crippen LogP contribution in [0.15, 0.2) is 36.9 Å². The van der Waals surface area contributed by atoms with Gasteiger partial charge < -0.3 is 5.32 Å². The Morgan fingerprint density at radius 1 is 1.47 bits per heavy atom. The number of hydrogen-bond acceptors (Lipinski definition) is 3. The summed E-state index contributed by atoms with van der Waals surface area (Å²) in [5.74, 6) is -0.0390. The molecule has 0 saturated carbocycles. The van der Waals surface area contributed by atoms with Gasteiger partial charge in [0.2, 0.25) is 5.91 Å². The van der Waals surface area contributed by atoms with E-state index in [2.05, 4.69) is 15.4 Å². The van der Waals surface area contributed by atoms with Gasteiger partial charge in [-0.15, -0.1) is 0 Å². The lowest BCUT2D eigenvalue weighted by Crippen LogP contribution is -2.27. The molecular weight excluding hydrogens is 264 g/mol. The zero-order valence-corrected chi connectivity index (χ0v) is 11.3. The van der Waals surface area contributed by atoms with E-state index in [4.69, 9.17) is 11.6 Å². The van der Waals surface area contributed by atoms with E-state index in [1.54, 1.807) is 11.0 Å². The van der Waals surface area contributed by atoms with E-state index in [-0.39, 0.29) is 11.9 Å². The first kappa shape index (κ1) is 13.5. The number of halogens is 1. The van der Waals surface area contributed by atoms with E-state index in [1.807, 2.05) is 31.2 Å². The predicted octanol–water partition coefficient (Wildman–Crippen LogP) is 2.20.